The Kier molecular flexibility index (Phi) is 8.30. The first-order valence-corrected chi connectivity index (χ1v) is 14.1. The van der Waals surface area contributed by atoms with Crippen molar-refractivity contribution in [3.63, 3.8) is 0 Å². The largest absolute Gasteiger partial charge is 0.390 e. The van der Waals surface area contributed by atoms with Crippen LogP contribution in [0.15, 0.2) is 77.1 Å². The molecule has 0 radical (unpaired) electrons. The Hall–Kier alpha value is -3.93. The van der Waals surface area contributed by atoms with E-state index in [1.54, 1.807) is 20.0 Å². The van der Waals surface area contributed by atoms with E-state index in [9.17, 15) is 23.1 Å². The standard InChI is InChI=1S/C27H26N4O5S2/c1-17(2)38(35,36)23-8-4-7-21(13-23)26(34)29-14-25(33)31-27-30-24(16-37-27)20-6-3-5-18(11-20)19-9-10-28-22(12-19)15-32/h3-13,16-17,32H,14-15H2,1-2H3,(H,29,34)(H,30,31,33). The number of pyridine rings is 1. The van der Waals surface area contributed by atoms with Crippen LogP contribution in [0.2, 0.25) is 0 Å². The molecule has 0 fully saturated rings. The minimum Gasteiger partial charge on any atom is -0.390 e. The third-order valence-electron chi connectivity index (χ3n) is 5.68. The summed E-state index contributed by atoms with van der Waals surface area (Å²) in [5.74, 6) is -1.02. The summed E-state index contributed by atoms with van der Waals surface area (Å²) >= 11 is 1.25. The number of aliphatic hydroxyl groups is 1. The molecule has 38 heavy (non-hydrogen) atoms. The first kappa shape index (κ1) is 27.1. The second-order valence-electron chi connectivity index (χ2n) is 8.67. The molecule has 196 valence electrons. The van der Waals surface area contributed by atoms with Crippen LogP contribution >= 0.6 is 11.3 Å². The van der Waals surface area contributed by atoms with Gasteiger partial charge in [0.1, 0.15) is 0 Å². The van der Waals surface area contributed by atoms with Crippen molar-refractivity contribution >= 4 is 38.1 Å². The molecule has 0 aliphatic carbocycles. The molecule has 2 aromatic carbocycles. The molecule has 2 heterocycles. The van der Waals surface area contributed by atoms with Crippen molar-refractivity contribution in [2.75, 3.05) is 11.9 Å². The third kappa shape index (κ3) is 6.31. The van der Waals surface area contributed by atoms with Gasteiger partial charge in [-0.05, 0) is 61.4 Å². The highest BCUT2D eigenvalue weighted by Crippen LogP contribution is 2.29. The van der Waals surface area contributed by atoms with E-state index in [4.69, 9.17) is 0 Å². The van der Waals surface area contributed by atoms with Crippen molar-refractivity contribution in [3.8, 4) is 22.4 Å². The van der Waals surface area contributed by atoms with Gasteiger partial charge in [-0.2, -0.15) is 0 Å². The van der Waals surface area contributed by atoms with Gasteiger partial charge in [0.25, 0.3) is 5.91 Å². The molecule has 11 heteroatoms. The molecular weight excluding hydrogens is 524 g/mol. The van der Waals surface area contributed by atoms with Gasteiger partial charge in [0.15, 0.2) is 15.0 Å². The summed E-state index contributed by atoms with van der Waals surface area (Å²) in [6.45, 7) is 2.69. The van der Waals surface area contributed by atoms with Gasteiger partial charge in [-0.3, -0.25) is 14.6 Å². The van der Waals surface area contributed by atoms with Crippen LogP contribution in [-0.2, 0) is 21.2 Å². The maximum Gasteiger partial charge on any atom is 0.251 e. The van der Waals surface area contributed by atoms with Gasteiger partial charge < -0.3 is 15.7 Å². The molecule has 0 saturated carbocycles. The van der Waals surface area contributed by atoms with Gasteiger partial charge in [-0.25, -0.2) is 13.4 Å². The van der Waals surface area contributed by atoms with Crippen molar-refractivity contribution in [2.45, 2.75) is 30.6 Å². The van der Waals surface area contributed by atoms with Crippen molar-refractivity contribution in [3.05, 3.63) is 83.5 Å². The minimum atomic E-state index is -3.53. The second kappa shape index (κ2) is 11.6. The van der Waals surface area contributed by atoms with Gasteiger partial charge in [0.05, 0.1) is 34.7 Å². The lowest BCUT2D eigenvalue weighted by Gasteiger charge is -2.10. The Labute approximate surface area is 224 Å². The number of carbonyl (C=O) groups is 2. The van der Waals surface area contributed by atoms with Crippen LogP contribution < -0.4 is 10.6 Å². The van der Waals surface area contributed by atoms with E-state index in [1.807, 2.05) is 41.8 Å². The summed E-state index contributed by atoms with van der Waals surface area (Å²) in [6, 6.07) is 17.1. The summed E-state index contributed by atoms with van der Waals surface area (Å²) in [5.41, 5.74) is 4.11. The highest BCUT2D eigenvalue weighted by molar-refractivity contribution is 7.92. The molecule has 3 N–H and O–H groups in total. The predicted octanol–water partition coefficient (Wildman–Crippen LogP) is 3.92. The van der Waals surface area contributed by atoms with Crippen LogP contribution in [0.1, 0.15) is 29.9 Å². The zero-order valence-corrected chi connectivity index (χ0v) is 22.3. The topological polar surface area (TPSA) is 138 Å². The summed E-state index contributed by atoms with van der Waals surface area (Å²) in [4.78, 5) is 33.6. The molecule has 0 atom stereocenters. The maximum absolute atomic E-state index is 12.5. The normalized spacial score (nSPS) is 11.4. The number of nitrogens with one attached hydrogen (secondary N) is 2. The smallest absolute Gasteiger partial charge is 0.251 e. The summed E-state index contributed by atoms with van der Waals surface area (Å²) in [7, 11) is -3.53. The van der Waals surface area contributed by atoms with Crippen LogP contribution in [0.5, 0.6) is 0 Å². The monoisotopic (exact) mass is 550 g/mol. The first-order chi connectivity index (χ1) is 18.2. The average Bonchev–Trinajstić information content (AvgIpc) is 3.40. The minimum absolute atomic E-state index is 0.0572. The van der Waals surface area contributed by atoms with E-state index in [0.29, 0.717) is 16.5 Å². The fourth-order valence-corrected chi connectivity index (χ4v) is 5.42. The Morgan fingerprint density at radius 3 is 2.50 bits per heavy atom. The molecule has 0 aliphatic heterocycles. The zero-order chi connectivity index (χ0) is 27.3. The van der Waals surface area contributed by atoms with Crippen molar-refractivity contribution in [2.24, 2.45) is 0 Å². The number of rotatable bonds is 9. The molecule has 0 aliphatic rings. The maximum atomic E-state index is 12.5. The highest BCUT2D eigenvalue weighted by Gasteiger charge is 2.20. The molecule has 4 rings (SSSR count). The number of hydrogen-bond acceptors (Lipinski definition) is 8. The van der Waals surface area contributed by atoms with Gasteiger partial charge >= 0.3 is 0 Å². The molecule has 9 nitrogen and oxygen atoms in total. The zero-order valence-electron chi connectivity index (χ0n) is 20.7. The van der Waals surface area contributed by atoms with E-state index in [-0.39, 0.29) is 23.6 Å². The molecule has 2 aromatic heterocycles. The van der Waals surface area contributed by atoms with Crippen LogP contribution in [0.4, 0.5) is 5.13 Å². The van der Waals surface area contributed by atoms with Crippen LogP contribution in [-0.4, -0.2) is 47.1 Å². The fourth-order valence-electron chi connectivity index (χ4n) is 3.58. The molecular formula is C27H26N4O5S2. The summed E-state index contributed by atoms with van der Waals surface area (Å²) < 4.78 is 24.8. The highest BCUT2D eigenvalue weighted by atomic mass is 32.2. The van der Waals surface area contributed by atoms with E-state index in [0.717, 1.165) is 16.7 Å². The molecule has 2 amide bonds. The third-order valence-corrected chi connectivity index (χ3v) is 8.59. The number of amides is 2. The summed E-state index contributed by atoms with van der Waals surface area (Å²) in [5, 5.41) is 16.1. The molecule has 0 saturated heterocycles. The quantitative estimate of drug-likeness (QED) is 0.287. The van der Waals surface area contributed by atoms with E-state index in [2.05, 4.69) is 20.6 Å². The lowest BCUT2D eigenvalue weighted by Crippen LogP contribution is -2.33. The van der Waals surface area contributed by atoms with Crippen molar-refractivity contribution in [1.29, 1.82) is 0 Å². The van der Waals surface area contributed by atoms with E-state index >= 15 is 0 Å². The number of nitrogens with zero attached hydrogens (tertiary/aromatic N) is 2. The first-order valence-electron chi connectivity index (χ1n) is 11.7. The molecule has 0 spiro atoms. The Bertz CT molecular complexity index is 1580. The number of thiazole rings is 1. The number of aliphatic hydroxyl groups excluding tert-OH is 1. The van der Waals surface area contributed by atoms with E-state index < -0.39 is 26.9 Å². The van der Waals surface area contributed by atoms with Crippen molar-refractivity contribution in [1.82, 2.24) is 15.3 Å². The Morgan fingerprint density at radius 1 is 1.00 bits per heavy atom. The van der Waals surface area contributed by atoms with E-state index in [1.165, 1.54) is 35.6 Å². The van der Waals surface area contributed by atoms with Crippen molar-refractivity contribution < 1.29 is 23.1 Å². The van der Waals surface area contributed by atoms with Gasteiger partial charge in [-0.1, -0.05) is 24.3 Å². The number of carbonyl (C=O) groups excluding carboxylic acids is 2. The van der Waals surface area contributed by atoms with Gasteiger partial charge in [0, 0.05) is 22.7 Å². The Balaban J connectivity index is 1.38. The van der Waals surface area contributed by atoms with Crippen LogP contribution in [0.25, 0.3) is 22.4 Å². The molecule has 0 unspecified atom stereocenters. The number of benzene rings is 2. The number of hydrogen-bond donors (Lipinski definition) is 3. The Morgan fingerprint density at radius 2 is 1.74 bits per heavy atom. The second-order valence-corrected chi connectivity index (χ2v) is 12.0. The number of anilines is 1. The molecule has 0 bridgehead atoms. The lowest BCUT2D eigenvalue weighted by atomic mass is 10.0. The predicted molar refractivity (Wildman–Crippen MR) is 146 cm³/mol. The fraction of sp³-hybridized carbons (Fsp3) is 0.185. The number of aromatic nitrogens is 2. The van der Waals surface area contributed by atoms with Gasteiger partial charge in [-0.15, -0.1) is 11.3 Å². The molecule has 4 aromatic rings. The lowest BCUT2D eigenvalue weighted by molar-refractivity contribution is -0.115. The SMILES string of the molecule is CC(C)S(=O)(=O)c1cccc(C(=O)NCC(=O)Nc2nc(-c3cccc(-c4ccnc(CO)c4)c3)cs2)c1. The van der Waals surface area contributed by atoms with Gasteiger partial charge in [0.2, 0.25) is 5.91 Å². The average molecular weight is 551 g/mol. The van der Waals surface area contributed by atoms with Crippen LogP contribution in [0.3, 0.4) is 0 Å². The summed E-state index contributed by atoms with van der Waals surface area (Å²) in [6.07, 6.45) is 1.65. The van der Waals surface area contributed by atoms with Crippen LogP contribution in [0, 0.1) is 0 Å². The number of sulfone groups is 1.